The second-order valence-corrected chi connectivity index (χ2v) is 2.96. The van der Waals surface area contributed by atoms with E-state index in [1.165, 1.54) is 17.8 Å². The van der Waals surface area contributed by atoms with E-state index in [0.717, 1.165) is 6.42 Å². The number of hydrogen-bond donors (Lipinski definition) is 0. The van der Waals surface area contributed by atoms with E-state index >= 15 is 0 Å². The van der Waals surface area contributed by atoms with Gasteiger partial charge in [-0.05, 0) is 19.3 Å². The minimum Gasteiger partial charge on any atom is -0.262 e. The highest BCUT2D eigenvalue weighted by Gasteiger charge is 2.10. The van der Waals surface area contributed by atoms with Gasteiger partial charge in [-0.2, -0.15) is 0 Å². The van der Waals surface area contributed by atoms with Crippen molar-refractivity contribution in [2.75, 3.05) is 0 Å². The Bertz CT molecular complexity index is 177. The Morgan fingerprint density at radius 1 is 1.70 bits per heavy atom. The molecule has 1 rings (SSSR count). The van der Waals surface area contributed by atoms with Crippen molar-refractivity contribution in [1.29, 1.82) is 0 Å². The smallest absolute Gasteiger partial charge is 0.0336 e. The van der Waals surface area contributed by atoms with Crippen LogP contribution >= 0.6 is 0 Å². The predicted octanol–water partition coefficient (Wildman–Crippen LogP) is 2.78. The highest BCUT2D eigenvalue weighted by atomic mass is 14.8. The molecule has 1 heterocycles. The Morgan fingerprint density at radius 3 is 2.80 bits per heavy atom. The van der Waals surface area contributed by atoms with Crippen molar-refractivity contribution in [3.05, 3.63) is 11.8 Å². The first-order chi connectivity index (χ1) is 4.74. The van der Waals surface area contributed by atoms with Crippen molar-refractivity contribution in [2.45, 2.75) is 33.6 Å². The number of nitrogens with zero attached hydrogens (tertiary/aromatic N) is 1. The third-order valence-electron chi connectivity index (χ3n) is 2.11. The molecule has 0 aromatic carbocycles. The minimum absolute atomic E-state index is 0.675. The maximum absolute atomic E-state index is 4.44. The first-order valence-electron chi connectivity index (χ1n) is 3.98. The fraction of sp³-hybridized carbons (Fsp3) is 0.667. The zero-order chi connectivity index (χ0) is 7.56. The van der Waals surface area contributed by atoms with Gasteiger partial charge >= 0.3 is 0 Å². The van der Waals surface area contributed by atoms with E-state index in [0.29, 0.717) is 5.92 Å². The fourth-order valence-corrected chi connectivity index (χ4v) is 1.12. The average Bonchev–Trinajstić information content (AvgIpc) is 2.34. The lowest BCUT2D eigenvalue weighted by molar-refractivity contribution is 0.732. The van der Waals surface area contributed by atoms with Gasteiger partial charge < -0.3 is 0 Å². The summed E-state index contributed by atoms with van der Waals surface area (Å²) in [5.41, 5.74) is 2.55. The van der Waals surface area contributed by atoms with Gasteiger partial charge in [0.15, 0.2) is 0 Å². The van der Waals surface area contributed by atoms with Gasteiger partial charge in [-0.25, -0.2) is 0 Å². The van der Waals surface area contributed by atoms with Gasteiger partial charge in [0.05, 0.1) is 0 Å². The molecule has 1 heteroatoms. The summed E-state index contributed by atoms with van der Waals surface area (Å²) in [4.78, 5) is 4.44. The first-order valence-corrected chi connectivity index (χ1v) is 3.98. The second-order valence-electron chi connectivity index (χ2n) is 2.96. The molecule has 0 aliphatic carbocycles. The molecule has 0 saturated carbocycles. The molecule has 0 amide bonds. The van der Waals surface area contributed by atoms with Gasteiger partial charge in [0.1, 0.15) is 0 Å². The summed E-state index contributed by atoms with van der Waals surface area (Å²) in [5.74, 6) is 0.675. The van der Waals surface area contributed by atoms with Crippen LogP contribution in [0.4, 0.5) is 0 Å². The summed E-state index contributed by atoms with van der Waals surface area (Å²) in [6, 6.07) is 0. The number of hydrogen-bond acceptors (Lipinski definition) is 1. The molecule has 0 aromatic heterocycles. The Morgan fingerprint density at radius 2 is 2.40 bits per heavy atom. The standard InChI is InChI=1S/C9H15N/c1-4-7(2)9-6-5-8(3)10-9/h5,7H,4,6H2,1-3H3. The molecular formula is C9H15N. The largest absolute Gasteiger partial charge is 0.262 e. The number of aliphatic imine (C=N–C) groups is 1. The lowest BCUT2D eigenvalue weighted by atomic mass is 10.0. The summed E-state index contributed by atoms with van der Waals surface area (Å²) in [6.07, 6.45) is 4.49. The van der Waals surface area contributed by atoms with E-state index in [1.54, 1.807) is 0 Å². The predicted molar refractivity (Wildman–Crippen MR) is 45.3 cm³/mol. The molecule has 1 atom stereocenters. The third kappa shape index (κ3) is 1.47. The average molecular weight is 137 g/mol. The molecule has 0 N–H and O–H groups in total. The molecule has 1 unspecified atom stereocenters. The maximum Gasteiger partial charge on any atom is 0.0336 e. The van der Waals surface area contributed by atoms with E-state index in [9.17, 15) is 0 Å². The van der Waals surface area contributed by atoms with Crippen LogP contribution in [0, 0.1) is 5.92 Å². The van der Waals surface area contributed by atoms with Gasteiger partial charge in [0.2, 0.25) is 0 Å². The van der Waals surface area contributed by atoms with Crippen LogP contribution in [-0.2, 0) is 0 Å². The van der Waals surface area contributed by atoms with Crippen LogP contribution in [0.3, 0.4) is 0 Å². The molecule has 10 heavy (non-hydrogen) atoms. The van der Waals surface area contributed by atoms with Gasteiger partial charge in [-0.15, -0.1) is 0 Å². The molecule has 0 saturated heterocycles. The van der Waals surface area contributed by atoms with Crippen molar-refractivity contribution in [3.8, 4) is 0 Å². The molecule has 0 bridgehead atoms. The van der Waals surface area contributed by atoms with Crippen molar-refractivity contribution >= 4 is 5.71 Å². The van der Waals surface area contributed by atoms with Crippen LogP contribution in [0.1, 0.15) is 33.6 Å². The number of rotatable bonds is 2. The molecular weight excluding hydrogens is 122 g/mol. The van der Waals surface area contributed by atoms with Crippen molar-refractivity contribution in [3.63, 3.8) is 0 Å². The van der Waals surface area contributed by atoms with Crippen LogP contribution in [0.5, 0.6) is 0 Å². The maximum atomic E-state index is 4.44. The molecule has 1 aliphatic rings. The monoisotopic (exact) mass is 137 g/mol. The zero-order valence-corrected chi connectivity index (χ0v) is 7.02. The third-order valence-corrected chi connectivity index (χ3v) is 2.11. The molecule has 0 aromatic rings. The molecule has 1 aliphatic heterocycles. The summed E-state index contributed by atoms with van der Waals surface area (Å²) < 4.78 is 0. The lowest BCUT2D eigenvalue weighted by Gasteiger charge is -2.06. The normalized spacial score (nSPS) is 20.3. The van der Waals surface area contributed by atoms with Crippen molar-refractivity contribution in [2.24, 2.45) is 10.9 Å². The van der Waals surface area contributed by atoms with Gasteiger partial charge in [0.25, 0.3) is 0 Å². The Hall–Kier alpha value is -0.590. The summed E-state index contributed by atoms with van der Waals surface area (Å²) in [7, 11) is 0. The van der Waals surface area contributed by atoms with Gasteiger partial charge in [-0.3, -0.25) is 4.99 Å². The van der Waals surface area contributed by atoms with E-state index in [1.807, 2.05) is 0 Å². The van der Waals surface area contributed by atoms with E-state index in [4.69, 9.17) is 0 Å². The fourth-order valence-electron chi connectivity index (χ4n) is 1.12. The van der Waals surface area contributed by atoms with Gasteiger partial charge in [-0.1, -0.05) is 19.9 Å². The molecule has 0 spiro atoms. The van der Waals surface area contributed by atoms with E-state index in [2.05, 4.69) is 31.8 Å². The van der Waals surface area contributed by atoms with E-state index < -0.39 is 0 Å². The highest BCUT2D eigenvalue weighted by molar-refractivity contribution is 5.90. The van der Waals surface area contributed by atoms with Crippen LogP contribution in [0.2, 0.25) is 0 Å². The Balaban J connectivity index is 2.54. The van der Waals surface area contributed by atoms with Gasteiger partial charge in [0, 0.05) is 17.8 Å². The Labute approximate surface area is 62.9 Å². The molecule has 0 radical (unpaired) electrons. The van der Waals surface area contributed by atoms with Crippen LogP contribution in [-0.4, -0.2) is 5.71 Å². The minimum atomic E-state index is 0.675. The zero-order valence-electron chi connectivity index (χ0n) is 7.02. The first kappa shape index (κ1) is 7.52. The summed E-state index contributed by atoms with van der Waals surface area (Å²) in [5, 5.41) is 0. The van der Waals surface area contributed by atoms with Crippen LogP contribution in [0.15, 0.2) is 16.8 Å². The second kappa shape index (κ2) is 3.00. The lowest BCUT2D eigenvalue weighted by Crippen LogP contribution is -2.06. The molecule has 56 valence electrons. The molecule has 1 nitrogen and oxygen atoms in total. The number of allylic oxidation sites excluding steroid dienone is 2. The highest BCUT2D eigenvalue weighted by Crippen LogP contribution is 2.16. The van der Waals surface area contributed by atoms with Crippen molar-refractivity contribution < 1.29 is 0 Å². The quantitative estimate of drug-likeness (QED) is 0.555. The van der Waals surface area contributed by atoms with Crippen molar-refractivity contribution in [1.82, 2.24) is 0 Å². The topological polar surface area (TPSA) is 12.4 Å². The summed E-state index contributed by atoms with van der Waals surface area (Å²) in [6.45, 7) is 6.52. The molecule has 0 fully saturated rings. The van der Waals surface area contributed by atoms with Crippen LogP contribution < -0.4 is 0 Å². The Kier molecular flexibility index (Phi) is 2.25. The summed E-state index contributed by atoms with van der Waals surface area (Å²) >= 11 is 0. The van der Waals surface area contributed by atoms with Crippen LogP contribution in [0.25, 0.3) is 0 Å². The van der Waals surface area contributed by atoms with E-state index in [-0.39, 0.29) is 0 Å². The SMILES string of the molecule is CCC(C)C1=NC(C)=CC1.